The quantitative estimate of drug-likeness (QED) is 0.153. The standard InChI is InChI=1S/C43H40N6O10/c1-4-26-28-15-25(9-10-33(28)44-37-31(26)19-48-34(37)17-29-32(40(48)53)20-57-41(54)38(29)52)59-43(56)47-13-11-24(12-14-47)58-23-7-5-22(6-8-23)49-39(45-46-42(49)55)30-16-27(21(2)3)35(50)18-36(30)51/h5-10,15-18,21,24,38,50-52H,4,11-14,19-20H2,1-3H3,(H,46,55)/t38-/m0/s1. The van der Waals surface area contributed by atoms with Crippen LogP contribution in [0.1, 0.15) is 73.5 Å². The van der Waals surface area contributed by atoms with Crippen molar-refractivity contribution in [3.8, 4) is 51.5 Å². The number of aryl methyl sites for hydroxylation is 1. The van der Waals surface area contributed by atoms with Crippen LogP contribution in [-0.2, 0) is 29.1 Å². The Hall–Kier alpha value is -6.94. The molecule has 4 N–H and O–H groups in total. The molecule has 3 aliphatic heterocycles. The van der Waals surface area contributed by atoms with Gasteiger partial charge in [0, 0.05) is 48.5 Å². The zero-order chi connectivity index (χ0) is 41.3. The third-order valence-electron chi connectivity index (χ3n) is 11.4. The summed E-state index contributed by atoms with van der Waals surface area (Å²) >= 11 is 0. The van der Waals surface area contributed by atoms with Crippen LogP contribution < -0.4 is 20.7 Å². The average Bonchev–Trinajstić information content (AvgIpc) is 3.79. The fraction of sp³-hybridized carbons (Fsp3) is 0.302. The van der Waals surface area contributed by atoms with E-state index in [0.29, 0.717) is 77.6 Å². The van der Waals surface area contributed by atoms with Gasteiger partial charge in [0.2, 0.25) is 0 Å². The number of phenolic OH excluding ortho intramolecular Hbond substituents is 2. The molecule has 16 heteroatoms. The van der Waals surface area contributed by atoms with Gasteiger partial charge in [-0.25, -0.2) is 29.0 Å². The smallest absolute Gasteiger partial charge is 0.415 e. The summed E-state index contributed by atoms with van der Waals surface area (Å²) in [7, 11) is 0. The zero-order valence-electron chi connectivity index (χ0n) is 32.4. The maximum atomic E-state index is 13.4. The minimum Gasteiger partial charge on any atom is -0.508 e. The van der Waals surface area contributed by atoms with Crippen LogP contribution >= 0.6 is 0 Å². The Morgan fingerprint density at radius 2 is 1.71 bits per heavy atom. The Morgan fingerprint density at radius 3 is 2.44 bits per heavy atom. The first-order valence-corrected chi connectivity index (χ1v) is 19.4. The number of esters is 1. The van der Waals surface area contributed by atoms with Crippen molar-refractivity contribution in [2.24, 2.45) is 0 Å². The Kier molecular flexibility index (Phi) is 9.22. The normalized spacial score (nSPS) is 16.2. The number of cyclic esters (lactones) is 1. The lowest BCUT2D eigenvalue weighted by molar-refractivity contribution is -0.157. The monoisotopic (exact) mass is 800 g/mol. The molecule has 0 bridgehead atoms. The van der Waals surface area contributed by atoms with E-state index in [1.807, 2.05) is 20.8 Å². The summed E-state index contributed by atoms with van der Waals surface area (Å²) in [6.45, 7) is 6.73. The fourth-order valence-electron chi connectivity index (χ4n) is 8.30. The second-order valence-corrected chi connectivity index (χ2v) is 15.3. The molecule has 9 rings (SSSR count). The highest BCUT2D eigenvalue weighted by molar-refractivity contribution is 5.90. The molecule has 6 heterocycles. The van der Waals surface area contributed by atoms with E-state index >= 15 is 0 Å². The highest BCUT2D eigenvalue weighted by atomic mass is 16.6. The third-order valence-corrected chi connectivity index (χ3v) is 11.4. The number of phenols is 2. The summed E-state index contributed by atoms with van der Waals surface area (Å²) in [4.78, 5) is 58.2. The van der Waals surface area contributed by atoms with Gasteiger partial charge in [-0.1, -0.05) is 20.8 Å². The van der Waals surface area contributed by atoms with Crippen molar-refractivity contribution in [3.63, 3.8) is 0 Å². The summed E-state index contributed by atoms with van der Waals surface area (Å²) in [5.74, 6) is 0.0600. The number of ether oxygens (including phenoxy) is 3. The maximum absolute atomic E-state index is 13.4. The number of carbonyl (C=O) groups excluding carboxylic acids is 2. The van der Waals surface area contributed by atoms with Gasteiger partial charge >= 0.3 is 17.8 Å². The Morgan fingerprint density at radius 1 is 0.966 bits per heavy atom. The van der Waals surface area contributed by atoms with Crippen molar-refractivity contribution in [1.82, 2.24) is 29.2 Å². The van der Waals surface area contributed by atoms with Gasteiger partial charge in [0.25, 0.3) is 5.56 Å². The molecule has 6 aromatic rings. The molecule has 3 aromatic heterocycles. The molecule has 302 valence electrons. The molecule has 1 atom stereocenters. The second kappa shape index (κ2) is 14.5. The number of pyridine rings is 2. The van der Waals surface area contributed by atoms with E-state index in [1.165, 1.54) is 10.6 Å². The molecule has 0 aliphatic carbocycles. The maximum Gasteiger partial charge on any atom is 0.415 e. The van der Waals surface area contributed by atoms with Crippen LogP contribution in [0.3, 0.4) is 0 Å². The minimum atomic E-state index is -1.53. The van der Waals surface area contributed by atoms with Gasteiger partial charge in [-0.15, -0.1) is 0 Å². The molecule has 1 amide bonds. The van der Waals surface area contributed by atoms with Gasteiger partial charge in [-0.2, -0.15) is 5.10 Å². The lowest BCUT2D eigenvalue weighted by Crippen LogP contribution is -2.43. The van der Waals surface area contributed by atoms with E-state index in [9.17, 15) is 34.5 Å². The number of nitrogens with one attached hydrogen (secondary N) is 1. The lowest BCUT2D eigenvalue weighted by atomic mass is 9.97. The van der Waals surface area contributed by atoms with Crippen molar-refractivity contribution in [2.75, 3.05) is 13.1 Å². The number of piperidine rings is 1. The van der Waals surface area contributed by atoms with Crippen molar-refractivity contribution in [3.05, 3.63) is 109 Å². The van der Waals surface area contributed by atoms with Crippen LogP contribution in [0.2, 0.25) is 0 Å². The first kappa shape index (κ1) is 37.6. The number of aromatic amines is 1. The first-order valence-electron chi connectivity index (χ1n) is 19.4. The number of amides is 1. The van der Waals surface area contributed by atoms with E-state index in [2.05, 4.69) is 10.2 Å². The summed E-state index contributed by atoms with van der Waals surface area (Å²) in [5, 5.41) is 38.8. The Bertz CT molecular complexity index is 2820. The molecular weight excluding hydrogens is 761 g/mol. The number of hydrogen-bond acceptors (Lipinski definition) is 12. The third kappa shape index (κ3) is 6.45. The van der Waals surface area contributed by atoms with Gasteiger partial charge < -0.3 is 39.0 Å². The number of carbonyl (C=O) groups is 2. The van der Waals surface area contributed by atoms with Gasteiger partial charge in [0.05, 0.1) is 40.3 Å². The topological polar surface area (TPSA) is 211 Å². The predicted octanol–water partition coefficient (Wildman–Crippen LogP) is 5.20. The number of fused-ring (bicyclic) bond motifs is 5. The summed E-state index contributed by atoms with van der Waals surface area (Å²) in [6, 6.07) is 16.7. The van der Waals surface area contributed by atoms with Gasteiger partial charge in [-0.3, -0.25) is 4.79 Å². The first-order chi connectivity index (χ1) is 28.4. The number of rotatable bonds is 7. The van der Waals surface area contributed by atoms with E-state index in [0.717, 1.165) is 16.5 Å². The number of benzene rings is 3. The predicted molar refractivity (Wildman–Crippen MR) is 213 cm³/mol. The molecule has 1 saturated heterocycles. The SMILES string of the molecule is CCc1c2c(nc3ccc(OC(=O)N4CCC(Oc5ccc(-n6c(-c7cc(C(C)C)c(O)cc7O)n[nH]c6=O)cc5)CC4)cc13)-c1cc3c(c(=O)n1C2)COC(=O)[C@H]3O. The number of likely N-dealkylation sites (tertiary alicyclic amines) is 1. The van der Waals surface area contributed by atoms with Gasteiger partial charge in [-0.05, 0) is 78.1 Å². The van der Waals surface area contributed by atoms with Crippen LogP contribution in [0.25, 0.3) is 39.4 Å². The molecule has 3 aliphatic rings. The van der Waals surface area contributed by atoms with Crippen molar-refractivity contribution < 1.29 is 39.1 Å². The molecule has 3 aromatic carbocycles. The van der Waals surface area contributed by atoms with E-state index in [-0.39, 0.29) is 59.2 Å². The van der Waals surface area contributed by atoms with E-state index in [4.69, 9.17) is 19.2 Å². The average molecular weight is 801 g/mol. The second-order valence-electron chi connectivity index (χ2n) is 15.3. The van der Waals surface area contributed by atoms with E-state index < -0.39 is 23.9 Å². The lowest BCUT2D eigenvalue weighted by Gasteiger charge is -2.31. The summed E-state index contributed by atoms with van der Waals surface area (Å²) < 4.78 is 20.1. The molecule has 16 nitrogen and oxygen atoms in total. The molecular formula is C43H40N6O10. The van der Waals surface area contributed by atoms with Gasteiger partial charge in [0.15, 0.2) is 11.9 Å². The molecule has 0 spiro atoms. The van der Waals surface area contributed by atoms with Crippen LogP contribution in [0, 0.1) is 0 Å². The zero-order valence-corrected chi connectivity index (χ0v) is 32.4. The number of aromatic nitrogens is 5. The molecule has 0 radical (unpaired) electrons. The molecule has 0 saturated carbocycles. The summed E-state index contributed by atoms with van der Waals surface area (Å²) in [5.41, 5.74) is 4.68. The number of aliphatic hydroxyl groups excluding tert-OH is 1. The number of hydrogen-bond donors (Lipinski definition) is 4. The summed E-state index contributed by atoms with van der Waals surface area (Å²) in [6.07, 6.45) is -0.438. The van der Waals surface area contributed by atoms with Crippen molar-refractivity contribution in [1.29, 1.82) is 0 Å². The highest BCUT2D eigenvalue weighted by Gasteiger charge is 2.35. The Balaban J connectivity index is 0.859. The van der Waals surface area contributed by atoms with Crippen LogP contribution in [0.4, 0.5) is 4.79 Å². The van der Waals surface area contributed by atoms with Crippen LogP contribution in [0.5, 0.6) is 23.0 Å². The van der Waals surface area contributed by atoms with Crippen molar-refractivity contribution >= 4 is 23.0 Å². The molecule has 59 heavy (non-hydrogen) atoms. The van der Waals surface area contributed by atoms with Crippen LogP contribution in [0.15, 0.2) is 70.3 Å². The number of aromatic hydroxyl groups is 2. The number of aliphatic hydroxyl groups is 1. The largest absolute Gasteiger partial charge is 0.508 e. The van der Waals surface area contributed by atoms with Gasteiger partial charge in [0.1, 0.15) is 35.7 Å². The number of nitrogens with zero attached hydrogens (tertiary/aromatic N) is 5. The number of H-pyrrole nitrogens is 1. The van der Waals surface area contributed by atoms with E-state index in [1.54, 1.807) is 64.1 Å². The van der Waals surface area contributed by atoms with Crippen LogP contribution in [-0.4, -0.2) is 75.8 Å². The minimum absolute atomic E-state index is 0.0335. The Labute approximate surface area is 335 Å². The molecule has 0 unspecified atom stereocenters. The molecule has 1 fully saturated rings. The fourth-order valence-corrected chi connectivity index (χ4v) is 8.30. The highest BCUT2D eigenvalue weighted by Crippen LogP contribution is 2.40. The van der Waals surface area contributed by atoms with Crippen molar-refractivity contribution in [2.45, 2.75) is 71.3 Å².